The molecular weight excluding hydrogens is 352 g/mol. The Morgan fingerprint density at radius 2 is 1.88 bits per heavy atom. The summed E-state index contributed by atoms with van der Waals surface area (Å²) in [4.78, 5) is 12.6. The van der Waals surface area contributed by atoms with E-state index in [2.05, 4.69) is 15.6 Å². The van der Waals surface area contributed by atoms with Crippen molar-refractivity contribution in [1.29, 1.82) is 0 Å². The summed E-state index contributed by atoms with van der Waals surface area (Å²) in [6, 6.07) is 10.9. The maximum atomic E-state index is 12.6. The Bertz CT molecular complexity index is 982. The van der Waals surface area contributed by atoms with E-state index in [1.807, 2.05) is 32.0 Å². The Hall–Kier alpha value is -2.86. The van der Waals surface area contributed by atoms with E-state index in [9.17, 15) is 4.79 Å². The molecule has 0 atom stereocenters. The summed E-state index contributed by atoms with van der Waals surface area (Å²) in [6.45, 7) is 5.79. The van der Waals surface area contributed by atoms with Crippen LogP contribution in [0.2, 0.25) is 5.02 Å². The van der Waals surface area contributed by atoms with Gasteiger partial charge in [-0.25, -0.2) is 4.68 Å². The molecule has 7 heteroatoms. The Labute approximate surface area is 156 Å². The van der Waals surface area contributed by atoms with Crippen LogP contribution >= 0.6 is 11.6 Å². The minimum Gasteiger partial charge on any atom is -0.494 e. The van der Waals surface area contributed by atoms with Crippen molar-refractivity contribution in [2.24, 2.45) is 0 Å². The molecule has 0 fully saturated rings. The van der Waals surface area contributed by atoms with Gasteiger partial charge >= 0.3 is 0 Å². The van der Waals surface area contributed by atoms with E-state index >= 15 is 0 Å². The summed E-state index contributed by atoms with van der Waals surface area (Å²) in [5.74, 6) is 0.265. The van der Waals surface area contributed by atoms with Gasteiger partial charge in [-0.1, -0.05) is 22.9 Å². The first-order chi connectivity index (χ1) is 12.4. The molecule has 0 spiro atoms. The lowest BCUT2D eigenvalue weighted by Gasteiger charge is -2.10. The number of aryl methyl sites for hydroxylation is 2. The Balaban J connectivity index is 1.92. The van der Waals surface area contributed by atoms with Crippen LogP contribution in [0.25, 0.3) is 5.69 Å². The smallest absolute Gasteiger partial charge is 0.278 e. The second kappa shape index (κ2) is 7.17. The fourth-order valence-electron chi connectivity index (χ4n) is 2.61. The molecule has 1 heterocycles. The second-order valence-electron chi connectivity index (χ2n) is 6.00. The van der Waals surface area contributed by atoms with Crippen LogP contribution in [0.3, 0.4) is 0 Å². The number of hydrogen-bond acceptors (Lipinski definition) is 4. The normalized spacial score (nSPS) is 10.7. The Kier molecular flexibility index (Phi) is 4.95. The molecule has 0 saturated heterocycles. The zero-order valence-corrected chi connectivity index (χ0v) is 15.8. The molecule has 0 radical (unpaired) electrons. The lowest BCUT2D eigenvalue weighted by atomic mass is 10.1. The van der Waals surface area contributed by atoms with Crippen molar-refractivity contribution in [2.75, 3.05) is 12.4 Å². The molecule has 0 aliphatic heterocycles. The molecule has 26 heavy (non-hydrogen) atoms. The number of amides is 1. The zero-order chi connectivity index (χ0) is 18.8. The van der Waals surface area contributed by atoms with Crippen LogP contribution in [0.15, 0.2) is 36.4 Å². The average molecular weight is 371 g/mol. The van der Waals surface area contributed by atoms with Gasteiger partial charge < -0.3 is 10.1 Å². The molecular formula is C19H19ClN4O2. The highest BCUT2D eigenvalue weighted by atomic mass is 35.5. The lowest BCUT2D eigenvalue weighted by Crippen LogP contribution is -2.14. The van der Waals surface area contributed by atoms with E-state index in [1.54, 1.807) is 36.9 Å². The number of hydrogen-bond donors (Lipinski definition) is 1. The number of carbonyl (C=O) groups is 1. The van der Waals surface area contributed by atoms with Crippen molar-refractivity contribution in [3.8, 4) is 11.4 Å². The van der Waals surface area contributed by atoms with Crippen LogP contribution in [0.5, 0.6) is 5.75 Å². The topological polar surface area (TPSA) is 69.0 Å². The fraction of sp³-hybridized carbons (Fsp3) is 0.211. The fourth-order valence-corrected chi connectivity index (χ4v) is 2.77. The van der Waals surface area contributed by atoms with Gasteiger partial charge in [0, 0.05) is 10.7 Å². The molecule has 1 N–H and O–H groups in total. The minimum atomic E-state index is -0.321. The van der Waals surface area contributed by atoms with Gasteiger partial charge in [-0.05, 0) is 62.2 Å². The van der Waals surface area contributed by atoms with E-state index in [4.69, 9.17) is 16.3 Å². The number of aromatic nitrogens is 3. The molecule has 0 unspecified atom stereocenters. The lowest BCUT2D eigenvalue weighted by molar-refractivity contribution is 0.102. The van der Waals surface area contributed by atoms with E-state index in [0.29, 0.717) is 27.8 Å². The van der Waals surface area contributed by atoms with Crippen molar-refractivity contribution < 1.29 is 9.53 Å². The highest BCUT2D eigenvalue weighted by Gasteiger charge is 2.19. The summed E-state index contributed by atoms with van der Waals surface area (Å²) in [7, 11) is 1.56. The number of nitrogens with one attached hydrogen (secondary N) is 1. The molecule has 6 nitrogen and oxygen atoms in total. The summed E-state index contributed by atoms with van der Waals surface area (Å²) < 4.78 is 6.89. The van der Waals surface area contributed by atoms with Gasteiger partial charge in [-0.2, -0.15) is 0 Å². The summed E-state index contributed by atoms with van der Waals surface area (Å²) in [6.07, 6.45) is 0. The number of ether oxygens (including phenoxy) is 1. The minimum absolute atomic E-state index is 0.241. The first kappa shape index (κ1) is 17.9. The SMILES string of the molecule is COc1ccc(Cl)cc1-n1nnc(C(=O)Nc2ccc(C)c(C)c2)c1C. The van der Waals surface area contributed by atoms with Crippen molar-refractivity contribution >= 4 is 23.2 Å². The van der Waals surface area contributed by atoms with Crippen molar-refractivity contribution in [3.05, 3.63) is 63.9 Å². The number of rotatable bonds is 4. The standard InChI is InChI=1S/C19H19ClN4O2/c1-11-5-7-15(9-12(11)2)21-19(25)18-13(3)24(23-22-18)16-10-14(20)6-8-17(16)26-4/h5-10H,1-4H3,(H,21,25). The predicted molar refractivity (Wildman–Crippen MR) is 102 cm³/mol. The maximum absolute atomic E-state index is 12.6. The molecule has 3 aromatic rings. The number of nitrogens with zero attached hydrogens (tertiary/aromatic N) is 3. The highest BCUT2D eigenvalue weighted by molar-refractivity contribution is 6.30. The van der Waals surface area contributed by atoms with Crippen LogP contribution in [0.4, 0.5) is 5.69 Å². The molecule has 0 saturated carbocycles. The number of anilines is 1. The summed E-state index contributed by atoms with van der Waals surface area (Å²) in [5.41, 5.74) is 4.43. The number of benzene rings is 2. The van der Waals surface area contributed by atoms with Gasteiger partial charge in [-0.3, -0.25) is 4.79 Å². The van der Waals surface area contributed by atoms with E-state index in [0.717, 1.165) is 11.1 Å². The van der Waals surface area contributed by atoms with E-state index < -0.39 is 0 Å². The Morgan fingerprint density at radius 1 is 1.12 bits per heavy atom. The van der Waals surface area contributed by atoms with Crippen LogP contribution in [0.1, 0.15) is 27.3 Å². The molecule has 3 rings (SSSR count). The summed E-state index contributed by atoms with van der Waals surface area (Å²) in [5, 5.41) is 11.5. The van der Waals surface area contributed by atoms with Crippen LogP contribution in [0, 0.1) is 20.8 Å². The third-order valence-electron chi connectivity index (χ3n) is 4.24. The molecule has 2 aromatic carbocycles. The Morgan fingerprint density at radius 3 is 2.58 bits per heavy atom. The monoisotopic (exact) mass is 370 g/mol. The maximum Gasteiger partial charge on any atom is 0.278 e. The van der Waals surface area contributed by atoms with Gasteiger partial charge in [0.1, 0.15) is 11.4 Å². The predicted octanol–water partition coefficient (Wildman–Crippen LogP) is 4.11. The number of methoxy groups -OCH3 is 1. The largest absolute Gasteiger partial charge is 0.494 e. The van der Waals surface area contributed by atoms with E-state index in [1.165, 1.54) is 0 Å². The van der Waals surface area contributed by atoms with Gasteiger partial charge in [0.15, 0.2) is 5.69 Å². The molecule has 0 bridgehead atoms. The van der Waals surface area contributed by atoms with Gasteiger partial charge in [0.2, 0.25) is 0 Å². The van der Waals surface area contributed by atoms with Crippen LogP contribution < -0.4 is 10.1 Å². The van der Waals surface area contributed by atoms with Crippen molar-refractivity contribution in [1.82, 2.24) is 15.0 Å². The van der Waals surface area contributed by atoms with E-state index in [-0.39, 0.29) is 11.6 Å². The molecule has 1 aromatic heterocycles. The van der Waals surface area contributed by atoms with Crippen LogP contribution in [-0.4, -0.2) is 28.0 Å². The first-order valence-electron chi connectivity index (χ1n) is 8.05. The zero-order valence-electron chi connectivity index (χ0n) is 15.0. The molecule has 0 aliphatic rings. The summed E-state index contributed by atoms with van der Waals surface area (Å²) >= 11 is 6.08. The second-order valence-corrected chi connectivity index (χ2v) is 6.44. The molecule has 1 amide bonds. The quantitative estimate of drug-likeness (QED) is 0.750. The van der Waals surface area contributed by atoms with Crippen molar-refractivity contribution in [3.63, 3.8) is 0 Å². The van der Waals surface area contributed by atoms with Crippen LogP contribution in [-0.2, 0) is 0 Å². The van der Waals surface area contributed by atoms with Gasteiger partial charge in [-0.15, -0.1) is 5.10 Å². The van der Waals surface area contributed by atoms with Gasteiger partial charge in [0.25, 0.3) is 5.91 Å². The van der Waals surface area contributed by atoms with Gasteiger partial charge in [0.05, 0.1) is 12.8 Å². The third-order valence-corrected chi connectivity index (χ3v) is 4.48. The number of halogens is 1. The van der Waals surface area contributed by atoms with Crippen molar-refractivity contribution in [2.45, 2.75) is 20.8 Å². The molecule has 0 aliphatic carbocycles. The number of carbonyl (C=O) groups excluding carboxylic acids is 1. The average Bonchev–Trinajstić information content (AvgIpc) is 2.99. The first-order valence-corrected chi connectivity index (χ1v) is 8.43. The highest BCUT2D eigenvalue weighted by Crippen LogP contribution is 2.27. The third kappa shape index (κ3) is 3.41. The molecule has 134 valence electrons.